The molecule has 84 valence electrons. The average Bonchev–Trinajstić information content (AvgIpc) is 2.64. The molecule has 0 aromatic carbocycles. The van der Waals surface area contributed by atoms with Crippen molar-refractivity contribution < 1.29 is 4.42 Å². The smallest absolute Gasteiger partial charge is 0.169 e. The summed E-state index contributed by atoms with van der Waals surface area (Å²) in [4.78, 5) is 2.51. The zero-order valence-corrected chi connectivity index (χ0v) is 11.8. The number of nitrogens with zero attached hydrogens (tertiary/aromatic N) is 1. The largest absolute Gasteiger partial charge is 0.457 e. The van der Waals surface area contributed by atoms with E-state index in [1.807, 2.05) is 6.26 Å². The van der Waals surface area contributed by atoms with Crippen molar-refractivity contribution in [2.45, 2.75) is 19.4 Å². The van der Waals surface area contributed by atoms with Crippen LogP contribution in [0.1, 0.15) is 18.4 Å². The number of furan rings is 1. The van der Waals surface area contributed by atoms with Gasteiger partial charge in [-0.05, 0) is 47.3 Å². The third-order valence-electron chi connectivity index (χ3n) is 2.85. The van der Waals surface area contributed by atoms with Crippen molar-refractivity contribution in [1.82, 2.24) is 4.90 Å². The van der Waals surface area contributed by atoms with Crippen LogP contribution in [0.4, 0.5) is 0 Å². The first-order chi connectivity index (χ1) is 7.28. The van der Waals surface area contributed by atoms with E-state index in [4.69, 9.17) is 4.42 Å². The van der Waals surface area contributed by atoms with Crippen molar-refractivity contribution in [3.8, 4) is 0 Å². The van der Waals surface area contributed by atoms with Crippen LogP contribution in [0.2, 0.25) is 0 Å². The molecule has 15 heavy (non-hydrogen) atoms. The highest BCUT2D eigenvalue weighted by Crippen LogP contribution is 2.21. The van der Waals surface area contributed by atoms with Gasteiger partial charge in [0.05, 0.1) is 6.26 Å². The zero-order chi connectivity index (χ0) is 10.7. The fourth-order valence-corrected chi connectivity index (χ4v) is 3.02. The molecule has 1 atom stereocenters. The SMILES string of the molecule is BrCC1CCCN(Cc2coc(Br)c2)C1. The molecule has 0 spiro atoms. The van der Waals surface area contributed by atoms with E-state index < -0.39 is 0 Å². The lowest BCUT2D eigenvalue weighted by atomic mass is 10.00. The molecule has 1 aliphatic heterocycles. The highest BCUT2D eigenvalue weighted by Gasteiger charge is 2.19. The Morgan fingerprint density at radius 3 is 3.07 bits per heavy atom. The molecule has 2 heterocycles. The molecule has 1 saturated heterocycles. The van der Waals surface area contributed by atoms with Gasteiger partial charge in [0.25, 0.3) is 0 Å². The van der Waals surface area contributed by atoms with Crippen molar-refractivity contribution in [2.75, 3.05) is 18.4 Å². The standard InChI is InChI=1S/C11H15Br2NO/c12-5-9-2-1-3-14(6-9)7-10-4-11(13)15-8-10/h4,8-9H,1-3,5-7H2. The van der Waals surface area contributed by atoms with Crippen LogP contribution in [0, 0.1) is 5.92 Å². The molecule has 1 aromatic rings. The van der Waals surface area contributed by atoms with Gasteiger partial charge in [0, 0.05) is 24.0 Å². The van der Waals surface area contributed by atoms with Gasteiger partial charge < -0.3 is 4.42 Å². The molecule has 0 amide bonds. The van der Waals surface area contributed by atoms with Crippen LogP contribution < -0.4 is 0 Å². The highest BCUT2D eigenvalue weighted by atomic mass is 79.9. The first-order valence-corrected chi connectivity index (χ1v) is 7.20. The monoisotopic (exact) mass is 335 g/mol. The Hall–Kier alpha value is 0.200. The van der Waals surface area contributed by atoms with Crippen LogP contribution in [0.5, 0.6) is 0 Å². The lowest BCUT2D eigenvalue weighted by molar-refractivity contribution is 0.179. The summed E-state index contributed by atoms with van der Waals surface area (Å²) in [6.07, 6.45) is 4.51. The number of likely N-dealkylation sites (tertiary alicyclic amines) is 1. The summed E-state index contributed by atoms with van der Waals surface area (Å²) in [5, 5.41) is 1.12. The first-order valence-electron chi connectivity index (χ1n) is 5.29. The lowest BCUT2D eigenvalue weighted by Gasteiger charge is -2.31. The fourth-order valence-electron chi connectivity index (χ4n) is 2.11. The molecule has 1 aromatic heterocycles. The van der Waals surface area contributed by atoms with Gasteiger partial charge in [-0.15, -0.1) is 0 Å². The number of hydrogen-bond acceptors (Lipinski definition) is 2. The van der Waals surface area contributed by atoms with E-state index in [1.165, 1.54) is 31.5 Å². The van der Waals surface area contributed by atoms with Crippen LogP contribution in [0.3, 0.4) is 0 Å². The number of hydrogen-bond donors (Lipinski definition) is 0. The Labute approximate surface area is 107 Å². The molecule has 0 radical (unpaired) electrons. The third kappa shape index (κ3) is 3.33. The average molecular weight is 337 g/mol. The number of alkyl halides is 1. The molecule has 2 rings (SSSR count). The quantitative estimate of drug-likeness (QED) is 0.783. The fraction of sp³-hybridized carbons (Fsp3) is 0.636. The second-order valence-electron chi connectivity index (χ2n) is 4.16. The third-order valence-corrected chi connectivity index (χ3v) is 4.18. The zero-order valence-electron chi connectivity index (χ0n) is 8.59. The Morgan fingerprint density at radius 1 is 1.53 bits per heavy atom. The summed E-state index contributed by atoms with van der Waals surface area (Å²) in [6, 6.07) is 2.05. The molecule has 1 aliphatic rings. The van der Waals surface area contributed by atoms with Crippen molar-refractivity contribution in [1.29, 1.82) is 0 Å². The van der Waals surface area contributed by atoms with Crippen LogP contribution in [0.15, 0.2) is 21.4 Å². The molecule has 0 saturated carbocycles. The van der Waals surface area contributed by atoms with Gasteiger partial charge in [-0.25, -0.2) is 0 Å². The van der Waals surface area contributed by atoms with Gasteiger partial charge in [-0.3, -0.25) is 4.90 Å². The van der Waals surface area contributed by atoms with E-state index in [9.17, 15) is 0 Å². The Balaban J connectivity index is 1.88. The molecule has 0 bridgehead atoms. The highest BCUT2D eigenvalue weighted by molar-refractivity contribution is 9.10. The van der Waals surface area contributed by atoms with Crippen LogP contribution in [0.25, 0.3) is 0 Å². The minimum absolute atomic E-state index is 0.814. The number of piperidine rings is 1. The maximum atomic E-state index is 5.24. The summed E-state index contributed by atoms with van der Waals surface area (Å²) < 4.78 is 6.07. The van der Waals surface area contributed by atoms with E-state index >= 15 is 0 Å². The first kappa shape index (κ1) is 11.7. The molecular formula is C11H15Br2NO. The van der Waals surface area contributed by atoms with Gasteiger partial charge in [0.1, 0.15) is 0 Å². The van der Waals surface area contributed by atoms with E-state index in [0.29, 0.717) is 0 Å². The topological polar surface area (TPSA) is 16.4 Å². The molecular weight excluding hydrogens is 322 g/mol. The molecule has 1 fully saturated rings. The summed E-state index contributed by atoms with van der Waals surface area (Å²) in [7, 11) is 0. The van der Waals surface area contributed by atoms with Crippen molar-refractivity contribution in [3.63, 3.8) is 0 Å². The van der Waals surface area contributed by atoms with Gasteiger partial charge in [-0.2, -0.15) is 0 Å². The van der Waals surface area contributed by atoms with E-state index in [1.54, 1.807) is 0 Å². The summed E-state index contributed by atoms with van der Waals surface area (Å²) in [5.41, 5.74) is 1.26. The number of rotatable bonds is 3. The predicted molar refractivity (Wildman–Crippen MR) is 68.2 cm³/mol. The normalized spacial score (nSPS) is 23.2. The summed E-state index contributed by atoms with van der Waals surface area (Å²) in [6.45, 7) is 3.43. The second-order valence-corrected chi connectivity index (χ2v) is 5.59. The second kappa shape index (κ2) is 5.51. The molecule has 0 N–H and O–H groups in total. The number of halogens is 2. The Bertz CT molecular complexity index is 313. The summed E-state index contributed by atoms with van der Waals surface area (Å²) >= 11 is 6.91. The van der Waals surface area contributed by atoms with Crippen LogP contribution in [-0.4, -0.2) is 23.3 Å². The van der Waals surface area contributed by atoms with Crippen molar-refractivity contribution in [2.24, 2.45) is 5.92 Å². The van der Waals surface area contributed by atoms with Gasteiger partial charge in [-0.1, -0.05) is 15.9 Å². The van der Waals surface area contributed by atoms with E-state index in [2.05, 4.69) is 42.8 Å². The van der Waals surface area contributed by atoms with Gasteiger partial charge in [0.2, 0.25) is 0 Å². The van der Waals surface area contributed by atoms with Crippen molar-refractivity contribution in [3.05, 3.63) is 22.6 Å². The molecule has 2 nitrogen and oxygen atoms in total. The van der Waals surface area contributed by atoms with Crippen LogP contribution in [-0.2, 0) is 6.54 Å². The minimum Gasteiger partial charge on any atom is -0.457 e. The Morgan fingerprint density at radius 2 is 2.40 bits per heavy atom. The van der Waals surface area contributed by atoms with Crippen molar-refractivity contribution >= 4 is 31.9 Å². The van der Waals surface area contributed by atoms with Gasteiger partial charge in [0.15, 0.2) is 4.67 Å². The minimum atomic E-state index is 0.814. The van der Waals surface area contributed by atoms with Crippen LogP contribution >= 0.6 is 31.9 Å². The maximum Gasteiger partial charge on any atom is 0.169 e. The Kier molecular flexibility index (Phi) is 4.29. The van der Waals surface area contributed by atoms with E-state index in [0.717, 1.165) is 22.5 Å². The maximum absolute atomic E-state index is 5.24. The predicted octanol–water partition coefficient (Wildman–Crippen LogP) is 3.65. The van der Waals surface area contributed by atoms with E-state index in [-0.39, 0.29) is 0 Å². The summed E-state index contributed by atoms with van der Waals surface area (Å²) in [5.74, 6) is 0.814. The van der Waals surface area contributed by atoms with Gasteiger partial charge >= 0.3 is 0 Å². The lowest BCUT2D eigenvalue weighted by Crippen LogP contribution is -2.35. The molecule has 0 aliphatic carbocycles. The molecule has 4 heteroatoms. The molecule has 1 unspecified atom stereocenters.